The molecule has 0 saturated carbocycles. The monoisotopic (exact) mass is 530 g/mol. The summed E-state index contributed by atoms with van der Waals surface area (Å²) in [6.07, 6.45) is 1.61. The molecule has 0 fully saturated rings. The Bertz CT molecular complexity index is 1360. The molecule has 0 aliphatic carbocycles. The molecule has 35 heavy (non-hydrogen) atoms. The van der Waals surface area contributed by atoms with Crippen molar-refractivity contribution < 1.29 is 14.0 Å². The lowest BCUT2D eigenvalue weighted by molar-refractivity contribution is -0.113. The zero-order valence-corrected chi connectivity index (χ0v) is 21.1. The topological polar surface area (TPSA) is 102 Å². The van der Waals surface area contributed by atoms with E-state index in [1.54, 1.807) is 16.1 Å². The Kier molecular flexibility index (Phi) is 7.79. The number of benzene rings is 2. The first-order valence-electron chi connectivity index (χ1n) is 10.4. The highest BCUT2D eigenvalue weighted by atomic mass is 35.5. The average Bonchev–Trinajstić information content (AvgIpc) is 3.48. The molecule has 0 atom stereocenters. The van der Waals surface area contributed by atoms with Gasteiger partial charge in [0.15, 0.2) is 16.1 Å². The summed E-state index contributed by atoms with van der Waals surface area (Å²) in [7, 11) is 0. The lowest BCUT2D eigenvalue weighted by Gasteiger charge is -2.15. The predicted molar refractivity (Wildman–Crippen MR) is 135 cm³/mol. The van der Waals surface area contributed by atoms with Gasteiger partial charge >= 0.3 is 0 Å². The molecule has 0 bridgehead atoms. The summed E-state index contributed by atoms with van der Waals surface area (Å²) in [6.45, 7) is 3.92. The highest BCUT2D eigenvalue weighted by Gasteiger charge is 2.20. The van der Waals surface area contributed by atoms with Gasteiger partial charge in [0.2, 0.25) is 5.91 Å². The van der Waals surface area contributed by atoms with E-state index in [0.29, 0.717) is 16.1 Å². The van der Waals surface area contributed by atoms with Crippen LogP contribution in [0.5, 0.6) is 0 Å². The van der Waals surface area contributed by atoms with E-state index in [9.17, 15) is 14.0 Å². The summed E-state index contributed by atoms with van der Waals surface area (Å²) in [5.74, 6) is -1.11. The highest BCUT2D eigenvalue weighted by molar-refractivity contribution is 7.99. The first-order chi connectivity index (χ1) is 16.8. The van der Waals surface area contributed by atoms with Crippen LogP contribution in [0.15, 0.2) is 53.1 Å². The summed E-state index contributed by atoms with van der Waals surface area (Å²) in [5.41, 5.74) is 2.62. The van der Waals surface area contributed by atoms with Gasteiger partial charge in [0.1, 0.15) is 5.82 Å². The van der Waals surface area contributed by atoms with Crippen molar-refractivity contribution in [1.29, 1.82) is 0 Å². The van der Waals surface area contributed by atoms with Crippen LogP contribution >= 0.6 is 34.7 Å². The van der Waals surface area contributed by atoms with Crippen LogP contribution in [0, 0.1) is 19.7 Å². The third kappa shape index (κ3) is 5.69. The number of anilines is 1. The van der Waals surface area contributed by atoms with Crippen LogP contribution in [0.1, 0.15) is 27.3 Å². The number of carbonyl (C=O) groups excluding carboxylic acids is 2. The molecule has 12 heteroatoms. The number of aryl methyl sites for hydroxylation is 1. The molecule has 4 aromatic rings. The normalized spacial score (nSPS) is 10.9. The van der Waals surface area contributed by atoms with Gasteiger partial charge in [0.25, 0.3) is 5.91 Å². The lowest BCUT2D eigenvalue weighted by atomic mass is 10.1. The Labute approximate surface area is 213 Å². The van der Waals surface area contributed by atoms with Crippen LogP contribution in [-0.4, -0.2) is 37.3 Å². The number of hydrogen-bond donors (Lipinski definition) is 2. The van der Waals surface area contributed by atoms with Gasteiger partial charge in [-0.2, -0.15) is 0 Å². The average molecular weight is 531 g/mol. The minimum atomic E-state index is -0.714. The van der Waals surface area contributed by atoms with Crippen molar-refractivity contribution in [1.82, 2.24) is 25.1 Å². The second-order valence-corrected chi connectivity index (χ2v) is 9.65. The van der Waals surface area contributed by atoms with E-state index in [-0.39, 0.29) is 28.8 Å². The van der Waals surface area contributed by atoms with Crippen molar-refractivity contribution in [3.05, 3.63) is 81.3 Å². The molecule has 0 unspecified atom stereocenters. The Hall–Kier alpha value is -3.28. The molecule has 2 amide bonds. The Morgan fingerprint density at radius 1 is 1.17 bits per heavy atom. The molecular weight excluding hydrogens is 511 g/mol. The Morgan fingerprint density at radius 2 is 1.97 bits per heavy atom. The Morgan fingerprint density at radius 3 is 2.71 bits per heavy atom. The van der Waals surface area contributed by atoms with Crippen molar-refractivity contribution in [3.8, 4) is 5.69 Å². The van der Waals surface area contributed by atoms with Crippen molar-refractivity contribution in [3.63, 3.8) is 0 Å². The third-order valence-electron chi connectivity index (χ3n) is 5.13. The summed E-state index contributed by atoms with van der Waals surface area (Å²) >= 11 is 8.55. The number of thioether (sulfide) groups is 1. The fraction of sp³-hybridized carbons (Fsp3) is 0.174. The number of amides is 2. The van der Waals surface area contributed by atoms with Crippen LogP contribution in [0.25, 0.3) is 5.69 Å². The molecule has 0 radical (unpaired) electrons. The summed E-state index contributed by atoms with van der Waals surface area (Å²) in [6, 6.07) is 9.85. The maximum Gasteiger partial charge on any atom is 0.256 e. The van der Waals surface area contributed by atoms with Gasteiger partial charge in [-0.3, -0.25) is 14.2 Å². The van der Waals surface area contributed by atoms with Crippen LogP contribution in [0.2, 0.25) is 5.02 Å². The second-order valence-electron chi connectivity index (χ2n) is 7.41. The first-order valence-corrected chi connectivity index (χ1v) is 12.6. The number of carbonyl (C=O) groups is 2. The quantitative estimate of drug-likeness (QED) is 0.317. The van der Waals surface area contributed by atoms with Gasteiger partial charge in [-0.05, 0) is 43.2 Å². The molecule has 2 aromatic carbocycles. The molecule has 4 rings (SSSR count). The van der Waals surface area contributed by atoms with Gasteiger partial charge < -0.3 is 10.6 Å². The van der Waals surface area contributed by atoms with Crippen LogP contribution in [0.4, 0.5) is 9.52 Å². The summed E-state index contributed by atoms with van der Waals surface area (Å²) < 4.78 is 15.9. The largest absolute Gasteiger partial charge is 0.345 e. The molecule has 2 heterocycles. The minimum Gasteiger partial charge on any atom is -0.345 e. The van der Waals surface area contributed by atoms with Crippen molar-refractivity contribution in [2.24, 2.45) is 0 Å². The van der Waals surface area contributed by atoms with Crippen molar-refractivity contribution >= 4 is 51.6 Å². The van der Waals surface area contributed by atoms with E-state index in [2.05, 4.69) is 25.8 Å². The SMILES string of the molecule is Cc1cccc(-n2c(CNC(=O)c3c(F)cccc3Cl)nnc2SCC(=O)Nc2nccs2)c1C. The molecule has 2 N–H and O–H groups in total. The lowest BCUT2D eigenvalue weighted by Crippen LogP contribution is -2.26. The first kappa shape index (κ1) is 24.8. The molecular formula is C23H20ClFN6O2S2. The summed E-state index contributed by atoms with van der Waals surface area (Å²) in [4.78, 5) is 29.1. The predicted octanol–water partition coefficient (Wildman–Crippen LogP) is 4.79. The smallest absolute Gasteiger partial charge is 0.256 e. The number of halogens is 2. The standard InChI is InChI=1S/C23H20ClFN6O2S2/c1-13-5-3-8-17(14(13)2)31-18(11-27-21(33)20-15(24)6-4-7-16(20)25)29-30-23(31)35-12-19(32)28-22-26-9-10-34-22/h3-10H,11-12H2,1-2H3,(H,27,33)(H,26,28,32). The van der Waals surface area contributed by atoms with Gasteiger partial charge in [0, 0.05) is 11.6 Å². The molecule has 0 saturated heterocycles. The van der Waals surface area contributed by atoms with Gasteiger partial charge in [0.05, 0.1) is 28.6 Å². The molecule has 0 spiro atoms. The zero-order valence-electron chi connectivity index (χ0n) is 18.7. The van der Waals surface area contributed by atoms with Gasteiger partial charge in [-0.25, -0.2) is 9.37 Å². The van der Waals surface area contributed by atoms with Crippen LogP contribution in [0.3, 0.4) is 0 Å². The van der Waals surface area contributed by atoms with E-state index in [1.165, 1.54) is 41.3 Å². The van der Waals surface area contributed by atoms with Gasteiger partial charge in [-0.1, -0.05) is 41.6 Å². The van der Waals surface area contributed by atoms with Gasteiger partial charge in [-0.15, -0.1) is 21.5 Å². The van der Waals surface area contributed by atoms with Crippen molar-refractivity contribution in [2.75, 3.05) is 11.1 Å². The Balaban J connectivity index is 1.58. The van der Waals surface area contributed by atoms with E-state index in [4.69, 9.17) is 11.6 Å². The number of nitrogens with zero attached hydrogens (tertiary/aromatic N) is 4. The van der Waals surface area contributed by atoms with E-state index >= 15 is 0 Å². The molecule has 8 nitrogen and oxygen atoms in total. The molecule has 2 aromatic heterocycles. The summed E-state index contributed by atoms with van der Waals surface area (Å²) in [5, 5.41) is 16.7. The maximum atomic E-state index is 14.2. The van der Waals surface area contributed by atoms with E-state index < -0.39 is 11.7 Å². The molecule has 0 aliphatic rings. The third-order valence-corrected chi connectivity index (χ3v) is 7.06. The number of rotatable bonds is 8. The number of nitrogens with one attached hydrogen (secondary N) is 2. The minimum absolute atomic E-state index is 0.0148. The molecule has 180 valence electrons. The van der Waals surface area contributed by atoms with E-state index in [0.717, 1.165) is 16.8 Å². The second kappa shape index (κ2) is 11.0. The number of thiazole rings is 1. The fourth-order valence-electron chi connectivity index (χ4n) is 3.26. The zero-order chi connectivity index (χ0) is 24.9. The maximum absolute atomic E-state index is 14.2. The fourth-order valence-corrected chi connectivity index (χ4v) is 4.82. The van der Waals surface area contributed by atoms with Crippen LogP contribution < -0.4 is 10.6 Å². The van der Waals surface area contributed by atoms with E-state index in [1.807, 2.05) is 32.0 Å². The number of hydrogen-bond acceptors (Lipinski definition) is 7. The van der Waals surface area contributed by atoms with Crippen molar-refractivity contribution in [2.45, 2.75) is 25.5 Å². The highest BCUT2D eigenvalue weighted by Crippen LogP contribution is 2.26. The van der Waals surface area contributed by atoms with Crippen LogP contribution in [-0.2, 0) is 11.3 Å². The number of aromatic nitrogens is 4. The molecule has 0 aliphatic heterocycles.